The van der Waals surface area contributed by atoms with E-state index in [0.29, 0.717) is 13.1 Å². The van der Waals surface area contributed by atoms with E-state index in [1.807, 2.05) is 0 Å². The van der Waals surface area contributed by atoms with Crippen LogP contribution in [0.2, 0.25) is 0 Å². The summed E-state index contributed by atoms with van der Waals surface area (Å²) < 4.78 is 1.71. The first-order chi connectivity index (χ1) is 8.27. The molecule has 0 aromatic carbocycles. The van der Waals surface area contributed by atoms with E-state index in [1.54, 1.807) is 17.1 Å². The molecular weight excluding hydrogens is 218 g/mol. The van der Waals surface area contributed by atoms with Gasteiger partial charge in [-0.3, -0.25) is 9.48 Å². The number of amides is 1. The number of nitrogens with zero attached hydrogens (tertiary/aromatic N) is 3. The van der Waals surface area contributed by atoms with Crippen LogP contribution in [-0.2, 0) is 11.3 Å². The maximum atomic E-state index is 11.9. The van der Waals surface area contributed by atoms with Gasteiger partial charge >= 0.3 is 0 Å². The molecule has 1 fully saturated rings. The molecule has 0 radical (unpaired) electrons. The zero-order valence-electron chi connectivity index (χ0n) is 10.1. The Morgan fingerprint density at radius 2 is 2.53 bits per heavy atom. The van der Waals surface area contributed by atoms with Crippen LogP contribution in [0.1, 0.15) is 19.8 Å². The van der Waals surface area contributed by atoms with Crippen LogP contribution in [0.5, 0.6) is 0 Å². The van der Waals surface area contributed by atoms with Crippen LogP contribution in [0.3, 0.4) is 0 Å². The van der Waals surface area contributed by atoms with Gasteiger partial charge in [-0.2, -0.15) is 0 Å². The molecule has 0 spiro atoms. The van der Waals surface area contributed by atoms with E-state index in [-0.39, 0.29) is 17.9 Å². The summed E-state index contributed by atoms with van der Waals surface area (Å²) >= 11 is 0. The highest BCUT2D eigenvalue weighted by atomic mass is 16.1. The molecule has 1 aliphatic rings. The van der Waals surface area contributed by atoms with Crippen LogP contribution in [0.25, 0.3) is 0 Å². The molecule has 94 valence electrons. The molecule has 1 aromatic heterocycles. The van der Waals surface area contributed by atoms with E-state index >= 15 is 0 Å². The van der Waals surface area contributed by atoms with E-state index < -0.39 is 0 Å². The predicted octanol–water partition coefficient (Wildman–Crippen LogP) is -0.218. The van der Waals surface area contributed by atoms with Crippen molar-refractivity contribution >= 4 is 5.91 Å². The highest BCUT2D eigenvalue weighted by Gasteiger charge is 2.26. The molecule has 0 saturated carbocycles. The first kappa shape index (κ1) is 12.0. The van der Waals surface area contributed by atoms with Crippen molar-refractivity contribution in [2.24, 2.45) is 5.92 Å². The summed E-state index contributed by atoms with van der Waals surface area (Å²) in [5.41, 5.74) is 0. The lowest BCUT2D eigenvalue weighted by Gasteiger charge is -2.28. The van der Waals surface area contributed by atoms with Crippen molar-refractivity contribution in [3.05, 3.63) is 12.4 Å². The molecular formula is C11H19N5O. The van der Waals surface area contributed by atoms with Crippen LogP contribution in [0.4, 0.5) is 0 Å². The summed E-state index contributed by atoms with van der Waals surface area (Å²) in [6.45, 7) is 4.36. The Balaban J connectivity index is 1.73. The molecule has 0 bridgehead atoms. The second-order valence-corrected chi connectivity index (χ2v) is 4.45. The normalized spacial score (nSPS) is 24.5. The number of carbonyl (C=O) groups excluding carboxylic acids is 1. The lowest BCUT2D eigenvalue weighted by atomic mass is 9.91. The topological polar surface area (TPSA) is 71.8 Å². The average molecular weight is 237 g/mol. The van der Waals surface area contributed by atoms with E-state index in [2.05, 4.69) is 27.9 Å². The average Bonchev–Trinajstić information content (AvgIpc) is 2.82. The SMILES string of the molecule is CC1NCCCC1C(=O)NCCn1ccnn1. The monoisotopic (exact) mass is 237 g/mol. The Hall–Kier alpha value is -1.43. The molecule has 0 aliphatic carbocycles. The van der Waals surface area contributed by atoms with Crippen LogP contribution < -0.4 is 10.6 Å². The maximum Gasteiger partial charge on any atom is 0.224 e. The molecule has 1 saturated heterocycles. The number of hydrogen-bond acceptors (Lipinski definition) is 4. The first-order valence-corrected chi connectivity index (χ1v) is 6.12. The number of piperidine rings is 1. The second kappa shape index (κ2) is 5.77. The van der Waals surface area contributed by atoms with E-state index in [0.717, 1.165) is 19.4 Å². The minimum atomic E-state index is 0.0968. The minimum Gasteiger partial charge on any atom is -0.354 e. The molecule has 6 heteroatoms. The lowest BCUT2D eigenvalue weighted by molar-refractivity contribution is -0.126. The molecule has 2 heterocycles. The van der Waals surface area contributed by atoms with Crippen LogP contribution in [0.15, 0.2) is 12.4 Å². The number of rotatable bonds is 4. The maximum absolute atomic E-state index is 11.9. The van der Waals surface area contributed by atoms with Gasteiger partial charge in [-0.25, -0.2) is 0 Å². The first-order valence-electron chi connectivity index (χ1n) is 6.12. The molecule has 2 N–H and O–H groups in total. The molecule has 2 unspecified atom stereocenters. The fourth-order valence-electron chi connectivity index (χ4n) is 2.18. The largest absolute Gasteiger partial charge is 0.354 e. The summed E-state index contributed by atoms with van der Waals surface area (Å²) in [4.78, 5) is 11.9. The van der Waals surface area contributed by atoms with Crippen molar-refractivity contribution in [1.82, 2.24) is 25.6 Å². The van der Waals surface area contributed by atoms with Gasteiger partial charge in [0.1, 0.15) is 0 Å². The van der Waals surface area contributed by atoms with Gasteiger partial charge in [-0.1, -0.05) is 5.21 Å². The molecule has 1 amide bonds. The van der Waals surface area contributed by atoms with Crippen molar-refractivity contribution < 1.29 is 4.79 Å². The molecule has 17 heavy (non-hydrogen) atoms. The Kier molecular flexibility index (Phi) is 4.08. The quantitative estimate of drug-likeness (QED) is 0.759. The zero-order valence-corrected chi connectivity index (χ0v) is 10.1. The molecule has 2 rings (SSSR count). The van der Waals surface area contributed by atoms with Crippen LogP contribution in [-0.4, -0.2) is 40.0 Å². The number of hydrogen-bond donors (Lipinski definition) is 2. The van der Waals surface area contributed by atoms with Gasteiger partial charge in [0.05, 0.1) is 18.7 Å². The third-order valence-electron chi connectivity index (χ3n) is 3.21. The predicted molar refractivity (Wildman–Crippen MR) is 63.2 cm³/mol. The second-order valence-electron chi connectivity index (χ2n) is 4.45. The fourth-order valence-corrected chi connectivity index (χ4v) is 2.18. The van der Waals surface area contributed by atoms with Gasteiger partial charge in [-0.15, -0.1) is 5.10 Å². The Morgan fingerprint density at radius 3 is 3.24 bits per heavy atom. The van der Waals surface area contributed by atoms with Gasteiger partial charge in [0.2, 0.25) is 5.91 Å². The van der Waals surface area contributed by atoms with Gasteiger partial charge in [-0.05, 0) is 26.3 Å². The summed E-state index contributed by atoms with van der Waals surface area (Å²) in [6, 6.07) is 0.273. The smallest absolute Gasteiger partial charge is 0.224 e. The highest BCUT2D eigenvalue weighted by molar-refractivity contribution is 5.79. The van der Waals surface area contributed by atoms with Crippen molar-refractivity contribution in [1.29, 1.82) is 0 Å². The zero-order chi connectivity index (χ0) is 12.1. The van der Waals surface area contributed by atoms with Gasteiger partial charge in [0.15, 0.2) is 0 Å². The molecule has 1 aliphatic heterocycles. The number of nitrogens with one attached hydrogen (secondary N) is 2. The number of aromatic nitrogens is 3. The van der Waals surface area contributed by atoms with Gasteiger partial charge < -0.3 is 10.6 Å². The van der Waals surface area contributed by atoms with Crippen molar-refractivity contribution in [3.63, 3.8) is 0 Å². The highest BCUT2D eigenvalue weighted by Crippen LogP contribution is 2.15. The standard InChI is InChI=1S/C11H19N5O/c1-9-10(3-2-4-12-9)11(17)13-5-7-16-8-6-14-15-16/h6,8-10,12H,2-5,7H2,1H3,(H,13,17). The third-order valence-corrected chi connectivity index (χ3v) is 3.21. The van der Waals surface area contributed by atoms with Crippen molar-refractivity contribution in [3.8, 4) is 0 Å². The van der Waals surface area contributed by atoms with Crippen molar-refractivity contribution in [2.75, 3.05) is 13.1 Å². The van der Waals surface area contributed by atoms with Crippen LogP contribution >= 0.6 is 0 Å². The summed E-state index contributed by atoms with van der Waals surface area (Å²) in [5, 5.41) is 13.8. The fraction of sp³-hybridized carbons (Fsp3) is 0.727. The molecule has 2 atom stereocenters. The van der Waals surface area contributed by atoms with Crippen LogP contribution in [0, 0.1) is 5.92 Å². The summed E-state index contributed by atoms with van der Waals surface area (Å²) in [6.07, 6.45) is 5.47. The van der Waals surface area contributed by atoms with E-state index in [1.165, 1.54) is 0 Å². The molecule has 6 nitrogen and oxygen atoms in total. The Morgan fingerprint density at radius 1 is 1.65 bits per heavy atom. The third kappa shape index (κ3) is 3.26. The van der Waals surface area contributed by atoms with Gasteiger partial charge in [0.25, 0.3) is 0 Å². The summed E-state index contributed by atoms with van der Waals surface area (Å²) in [5.74, 6) is 0.240. The van der Waals surface area contributed by atoms with Gasteiger partial charge in [0, 0.05) is 18.8 Å². The van der Waals surface area contributed by atoms with E-state index in [4.69, 9.17) is 0 Å². The molecule has 1 aromatic rings. The lowest BCUT2D eigenvalue weighted by Crippen LogP contribution is -2.47. The summed E-state index contributed by atoms with van der Waals surface area (Å²) in [7, 11) is 0. The van der Waals surface area contributed by atoms with E-state index in [9.17, 15) is 4.79 Å². The number of carbonyl (C=O) groups is 1. The minimum absolute atomic E-state index is 0.0968. The Bertz CT molecular complexity index is 351. The van der Waals surface area contributed by atoms with Crippen molar-refractivity contribution in [2.45, 2.75) is 32.4 Å². The Labute approximate surface area is 101 Å².